The first-order valence-electron chi connectivity index (χ1n) is 5.71. The first-order chi connectivity index (χ1) is 9.15. The number of amides is 1. The van der Waals surface area contributed by atoms with Gasteiger partial charge < -0.3 is 11.1 Å². The van der Waals surface area contributed by atoms with E-state index in [-0.39, 0.29) is 11.7 Å². The highest BCUT2D eigenvalue weighted by Crippen LogP contribution is 2.18. The Kier molecular flexibility index (Phi) is 4.35. The molecular formula is C13H14N4OS. The fourth-order valence-electron chi connectivity index (χ4n) is 1.50. The van der Waals surface area contributed by atoms with Gasteiger partial charge in [0.15, 0.2) is 5.16 Å². The quantitative estimate of drug-likeness (QED) is 0.507. The first kappa shape index (κ1) is 13.4. The van der Waals surface area contributed by atoms with Gasteiger partial charge in [-0.05, 0) is 36.8 Å². The van der Waals surface area contributed by atoms with E-state index in [1.807, 2.05) is 13.0 Å². The third-order valence-corrected chi connectivity index (χ3v) is 3.27. The molecule has 1 aromatic carbocycles. The molecule has 19 heavy (non-hydrogen) atoms. The molecule has 5 nitrogen and oxygen atoms in total. The standard InChI is InChI=1S/C13H14N4OS/c1-9-7-10(14)3-4-11(9)17-12(18)8-19-13-15-5-2-6-16-13/h2-7H,8,14H2,1H3,(H,17,18). The zero-order valence-electron chi connectivity index (χ0n) is 10.5. The largest absolute Gasteiger partial charge is 0.399 e. The second-order valence-corrected chi connectivity index (χ2v) is 4.89. The number of thioether (sulfide) groups is 1. The van der Waals surface area contributed by atoms with Crippen LogP contribution in [0.1, 0.15) is 5.56 Å². The van der Waals surface area contributed by atoms with E-state index >= 15 is 0 Å². The van der Waals surface area contributed by atoms with Crippen LogP contribution in [0.2, 0.25) is 0 Å². The van der Waals surface area contributed by atoms with Gasteiger partial charge in [0.2, 0.25) is 5.91 Å². The molecule has 3 N–H and O–H groups in total. The van der Waals surface area contributed by atoms with Crippen LogP contribution < -0.4 is 11.1 Å². The van der Waals surface area contributed by atoms with Gasteiger partial charge in [0.05, 0.1) is 5.75 Å². The smallest absolute Gasteiger partial charge is 0.234 e. The van der Waals surface area contributed by atoms with Crippen molar-refractivity contribution in [2.75, 3.05) is 16.8 Å². The Morgan fingerprint density at radius 1 is 1.37 bits per heavy atom. The Morgan fingerprint density at radius 2 is 2.11 bits per heavy atom. The average molecular weight is 274 g/mol. The molecular weight excluding hydrogens is 260 g/mol. The van der Waals surface area contributed by atoms with Crippen LogP contribution in [0, 0.1) is 6.92 Å². The van der Waals surface area contributed by atoms with Crippen molar-refractivity contribution < 1.29 is 4.79 Å². The van der Waals surface area contributed by atoms with Gasteiger partial charge in [-0.2, -0.15) is 0 Å². The minimum atomic E-state index is -0.0923. The molecule has 1 aromatic heterocycles. The number of rotatable bonds is 4. The van der Waals surface area contributed by atoms with E-state index < -0.39 is 0 Å². The van der Waals surface area contributed by atoms with E-state index in [1.165, 1.54) is 11.8 Å². The van der Waals surface area contributed by atoms with Gasteiger partial charge in [0.25, 0.3) is 0 Å². The molecule has 2 rings (SSSR count). The van der Waals surface area contributed by atoms with Crippen LogP contribution in [0.25, 0.3) is 0 Å². The third-order valence-electron chi connectivity index (χ3n) is 2.40. The lowest BCUT2D eigenvalue weighted by Gasteiger charge is -2.08. The Balaban J connectivity index is 1.91. The number of carbonyl (C=O) groups is 1. The molecule has 0 aliphatic heterocycles. The summed E-state index contributed by atoms with van der Waals surface area (Å²) in [6, 6.07) is 7.12. The maximum Gasteiger partial charge on any atom is 0.234 e. The molecule has 0 fully saturated rings. The van der Waals surface area contributed by atoms with E-state index in [2.05, 4.69) is 15.3 Å². The molecule has 0 bridgehead atoms. The molecule has 0 saturated heterocycles. The number of nitrogens with one attached hydrogen (secondary N) is 1. The van der Waals surface area contributed by atoms with Gasteiger partial charge >= 0.3 is 0 Å². The Bertz CT molecular complexity index is 574. The van der Waals surface area contributed by atoms with Gasteiger partial charge in [-0.25, -0.2) is 9.97 Å². The summed E-state index contributed by atoms with van der Waals surface area (Å²) in [5.74, 6) is 0.179. The molecule has 1 heterocycles. The predicted octanol–water partition coefficient (Wildman–Crippen LogP) is 2.10. The SMILES string of the molecule is Cc1cc(N)ccc1NC(=O)CSc1ncccn1. The van der Waals surface area contributed by atoms with Gasteiger partial charge in [-0.1, -0.05) is 11.8 Å². The highest BCUT2D eigenvalue weighted by atomic mass is 32.2. The van der Waals surface area contributed by atoms with E-state index in [9.17, 15) is 4.79 Å². The number of nitrogen functional groups attached to an aromatic ring is 1. The molecule has 6 heteroatoms. The Labute approximate surface area is 115 Å². The summed E-state index contributed by atoms with van der Waals surface area (Å²) in [7, 11) is 0. The highest BCUT2D eigenvalue weighted by molar-refractivity contribution is 7.99. The van der Waals surface area contributed by atoms with Crippen molar-refractivity contribution in [1.82, 2.24) is 9.97 Å². The van der Waals surface area contributed by atoms with Crippen molar-refractivity contribution in [2.24, 2.45) is 0 Å². The molecule has 0 saturated carbocycles. The summed E-state index contributed by atoms with van der Waals surface area (Å²) in [6.45, 7) is 1.90. The Hall–Kier alpha value is -2.08. The lowest BCUT2D eigenvalue weighted by molar-refractivity contribution is -0.113. The van der Waals surface area contributed by atoms with Crippen molar-refractivity contribution in [3.63, 3.8) is 0 Å². The zero-order valence-corrected chi connectivity index (χ0v) is 11.3. The van der Waals surface area contributed by atoms with Crippen LogP contribution >= 0.6 is 11.8 Å². The van der Waals surface area contributed by atoms with Crippen LogP contribution in [0.4, 0.5) is 11.4 Å². The zero-order chi connectivity index (χ0) is 13.7. The monoisotopic (exact) mass is 274 g/mol. The van der Waals surface area contributed by atoms with E-state index in [4.69, 9.17) is 5.73 Å². The molecule has 1 amide bonds. The topological polar surface area (TPSA) is 80.9 Å². The first-order valence-corrected chi connectivity index (χ1v) is 6.69. The second-order valence-electron chi connectivity index (χ2n) is 3.94. The summed E-state index contributed by atoms with van der Waals surface area (Å²) in [6.07, 6.45) is 3.30. The number of aryl methyl sites for hydroxylation is 1. The minimum Gasteiger partial charge on any atom is -0.399 e. The van der Waals surface area contributed by atoms with Crippen molar-refractivity contribution in [3.8, 4) is 0 Å². The predicted molar refractivity (Wildman–Crippen MR) is 77.0 cm³/mol. The van der Waals surface area contributed by atoms with Crippen molar-refractivity contribution in [2.45, 2.75) is 12.1 Å². The number of hydrogen-bond donors (Lipinski definition) is 2. The number of nitrogens with zero attached hydrogens (tertiary/aromatic N) is 2. The van der Waals surface area contributed by atoms with E-state index in [0.717, 1.165) is 11.3 Å². The maximum atomic E-state index is 11.8. The number of aromatic nitrogens is 2. The van der Waals surface area contributed by atoms with E-state index in [1.54, 1.807) is 30.6 Å². The highest BCUT2D eigenvalue weighted by Gasteiger charge is 2.06. The van der Waals surface area contributed by atoms with Gasteiger partial charge in [-0.15, -0.1) is 0 Å². The van der Waals surface area contributed by atoms with Crippen LogP contribution in [0.3, 0.4) is 0 Å². The fourth-order valence-corrected chi connectivity index (χ4v) is 2.11. The molecule has 0 aliphatic carbocycles. The summed E-state index contributed by atoms with van der Waals surface area (Å²) in [5.41, 5.74) is 8.05. The van der Waals surface area contributed by atoms with Crippen LogP contribution in [0.15, 0.2) is 41.8 Å². The van der Waals surface area contributed by atoms with Gasteiger partial charge in [0, 0.05) is 23.8 Å². The maximum absolute atomic E-state index is 11.8. The number of nitrogens with two attached hydrogens (primary N) is 1. The lowest BCUT2D eigenvalue weighted by Crippen LogP contribution is -2.15. The molecule has 0 radical (unpaired) electrons. The summed E-state index contributed by atoms with van der Waals surface area (Å²) in [4.78, 5) is 19.9. The number of carbonyl (C=O) groups excluding carboxylic acids is 1. The third kappa shape index (κ3) is 3.96. The molecule has 98 valence electrons. The second kappa shape index (κ2) is 6.19. The van der Waals surface area contributed by atoms with Crippen LogP contribution in [-0.2, 0) is 4.79 Å². The normalized spacial score (nSPS) is 10.2. The molecule has 0 atom stereocenters. The lowest BCUT2D eigenvalue weighted by atomic mass is 10.2. The Morgan fingerprint density at radius 3 is 2.79 bits per heavy atom. The van der Waals surface area contributed by atoms with Crippen molar-refractivity contribution in [3.05, 3.63) is 42.2 Å². The number of benzene rings is 1. The van der Waals surface area contributed by atoms with Crippen molar-refractivity contribution in [1.29, 1.82) is 0 Å². The summed E-state index contributed by atoms with van der Waals surface area (Å²) in [5, 5.41) is 3.43. The number of hydrogen-bond acceptors (Lipinski definition) is 5. The molecule has 2 aromatic rings. The van der Waals surface area contributed by atoms with Crippen LogP contribution in [0.5, 0.6) is 0 Å². The van der Waals surface area contributed by atoms with E-state index in [0.29, 0.717) is 10.8 Å². The minimum absolute atomic E-state index is 0.0923. The fraction of sp³-hybridized carbons (Fsp3) is 0.154. The molecule has 0 unspecified atom stereocenters. The van der Waals surface area contributed by atoms with Gasteiger partial charge in [0.1, 0.15) is 0 Å². The van der Waals surface area contributed by atoms with Gasteiger partial charge in [-0.3, -0.25) is 4.79 Å². The summed E-state index contributed by atoms with van der Waals surface area (Å²) < 4.78 is 0. The van der Waals surface area contributed by atoms with Crippen molar-refractivity contribution >= 4 is 29.0 Å². The molecule has 0 aliphatic rings. The number of anilines is 2. The molecule has 0 spiro atoms. The summed E-state index contributed by atoms with van der Waals surface area (Å²) >= 11 is 1.30. The van der Waals surface area contributed by atoms with Crippen LogP contribution in [-0.4, -0.2) is 21.6 Å². The average Bonchev–Trinajstić information content (AvgIpc) is 2.41.